The molecule has 3 aromatic heterocycles. The number of pyridine rings is 1. The van der Waals surface area contributed by atoms with E-state index in [-0.39, 0.29) is 11.5 Å². The van der Waals surface area contributed by atoms with Crippen LogP contribution in [0.15, 0.2) is 67.0 Å². The molecule has 5 aromatic rings. The molecule has 1 amide bonds. The van der Waals surface area contributed by atoms with Crippen LogP contribution in [0.1, 0.15) is 34.7 Å². The highest BCUT2D eigenvalue weighted by Crippen LogP contribution is 2.30. The lowest BCUT2D eigenvalue weighted by Gasteiger charge is -2.32. The van der Waals surface area contributed by atoms with E-state index in [1.807, 2.05) is 48.5 Å². The Bertz CT molecular complexity index is 1740. The maximum atomic E-state index is 11.7. The zero-order valence-electron chi connectivity index (χ0n) is 22.1. The van der Waals surface area contributed by atoms with E-state index in [1.54, 1.807) is 18.3 Å². The summed E-state index contributed by atoms with van der Waals surface area (Å²) in [5, 5.41) is 12.4. The van der Waals surface area contributed by atoms with E-state index in [1.165, 1.54) is 6.20 Å². The largest absolute Gasteiger partial charge is 0.367 e. The molecule has 1 aliphatic rings. The number of hydrogen-bond donors (Lipinski definition) is 2. The molecule has 3 N–H and O–H groups in total. The van der Waals surface area contributed by atoms with Gasteiger partial charge in [0.05, 0.1) is 23.0 Å². The average molecular weight is 540 g/mol. The Hall–Kier alpha value is -5.45. The summed E-state index contributed by atoms with van der Waals surface area (Å²) in [4.78, 5) is 36.0. The second-order valence-electron chi connectivity index (χ2n) is 9.80. The van der Waals surface area contributed by atoms with E-state index in [0.29, 0.717) is 34.3 Å². The molecule has 0 aliphatic carbocycles. The number of amides is 1. The SMILES string of the molecule is N#Cc1nccc(NC2CCN(Cc3c#cc(-c4nc5cc(C(N)=O)ncc5nc4-c4ccccc4)cc3)CC2)n1. The molecule has 0 saturated carbocycles. The summed E-state index contributed by atoms with van der Waals surface area (Å²) in [6.45, 7) is 2.61. The van der Waals surface area contributed by atoms with Crippen molar-refractivity contribution in [2.45, 2.75) is 25.4 Å². The smallest absolute Gasteiger partial charge is 0.267 e. The standard InChI is InChI=1S/C31H25N9O/c32-17-28-34-13-10-27(39-28)36-23-11-14-40(15-12-23)19-20-6-8-22(9-7-20)30-29(21-4-2-1-3-5-21)38-26-18-35-25(31(33)41)16-24(26)37-30/h1-6,8,10,13,16,18,23H,11-12,14-15,19H2,(H2,33,41)(H,34,36,39). The molecule has 41 heavy (non-hydrogen) atoms. The maximum absolute atomic E-state index is 11.7. The van der Waals surface area contributed by atoms with Crippen molar-refractivity contribution in [2.24, 2.45) is 5.73 Å². The second kappa shape index (κ2) is 11.3. The number of anilines is 1. The average Bonchev–Trinajstić information content (AvgIpc) is 3.02. The molecule has 1 aliphatic heterocycles. The Kier molecular flexibility index (Phi) is 7.14. The molecule has 0 radical (unpaired) electrons. The lowest BCUT2D eigenvalue weighted by molar-refractivity contribution is 0.0995. The Balaban J connectivity index is 1.18. The van der Waals surface area contributed by atoms with Crippen LogP contribution in [0.3, 0.4) is 0 Å². The van der Waals surface area contributed by atoms with E-state index in [9.17, 15) is 4.79 Å². The number of likely N-dealkylation sites (tertiary alicyclic amines) is 1. The topological polar surface area (TPSA) is 147 Å². The summed E-state index contributed by atoms with van der Waals surface area (Å²) >= 11 is 0. The molecular formula is C31H25N9O. The molecule has 10 nitrogen and oxygen atoms in total. The Morgan fingerprint density at radius 1 is 1.00 bits per heavy atom. The predicted molar refractivity (Wildman–Crippen MR) is 153 cm³/mol. The minimum absolute atomic E-state index is 0.138. The summed E-state index contributed by atoms with van der Waals surface area (Å²) in [5.74, 6) is 0.233. The number of aromatic nitrogens is 5. The number of primary amides is 1. The first-order chi connectivity index (χ1) is 20.1. The van der Waals surface area contributed by atoms with Gasteiger partial charge in [0.1, 0.15) is 28.8 Å². The van der Waals surface area contributed by atoms with E-state index >= 15 is 0 Å². The van der Waals surface area contributed by atoms with Gasteiger partial charge in [-0.1, -0.05) is 42.5 Å². The number of benzene rings is 1. The first-order valence-corrected chi connectivity index (χ1v) is 13.2. The van der Waals surface area contributed by atoms with Gasteiger partial charge in [-0.3, -0.25) is 9.69 Å². The molecule has 6 rings (SSSR count). The lowest BCUT2D eigenvalue weighted by atomic mass is 10.0. The highest BCUT2D eigenvalue weighted by molar-refractivity contribution is 5.94. The normalized spacial score (nSPS) is 13.8. The van der Waals surface area contributed by atoms with E-state index < -0.39 is 5.91 Å². The quantitative estimate of drug-likeness (QED) is 0.315. The van der Waals surface area contributed by atoms with Crippen LogP contribution in [0.2, 0.25) is 0 Å². The van der Waals surface area contributed by atoms with Crippen LogP contribution in [0.5, 0.6) is 0 Å². The number of carbonyl (C=O) groups is 1. The molecule has 0 spiro atoms. The van der Waals surface area contributed by atoms with Crippen LogP contribution in [0.4, 0.5) is 5.82 Å². The van der Waals surface area contributed by atoms with Crippen LogP contribution >= 0.6 is 0 Å². The molecule has 4 heterocycles. The number of fused-ring (bicyclic) bond motifs is 1. The number of piperidine rings is 1. The minimum atomic E-state index is -0.617. The fourth-order valence-corrected chi connectivity index (χ4v) is 4.90. The summed E-state index contributed by atoms with van der Waals surface area (Å²) in [6, 6.07) is 26.1. The first kappa shape index (κ1) is 25.8. The maximum Gasteiger partial charge on any atom is 0.267 e. The van der Waals surface area contributed by atoms with Gasteiger partial charge < -0.3 is 11.1 Å². The van der Waals surface area contributed by atoms with Crippen LogP contribution in [-0.2, 0) is 6.54 Å². The number of nitriles is 1. The fraction of sp³-hybridized carbons (Fsp3) is 0.194. The van der Waals surface area contributed by atoms with Gasteiger partial charge in [0.15, 0.2) is 0 Å². The number of nitrogens with two attached hydrogens (primary N) is 1. The van der Waals surface area contributed by atoms with E-state index in [2.05, 4.69) is 37.3 Å². The van der Waals surface area contributed by atoms with Crippen LogP contribution in [0, 0.1) is 23.5 Å². The second-order valence-corrected chi connectivity index (χ2v) is 9.80. The van der Waals surface area contributed by atoms with Crippen LogP contribution in [0.25, 0.3) is 33.5 Å². The van der Waals surface area contributed by atoms with Crippen molar-refractivity contribution in [3.05, 3.63) is 96.2 Å². The third kappa shape index (κ3) is 5.78. The predicted octanol–water partition coefficient (Wildman–Crippen LogP) is 3.80. The Morgan fingerprint density at radius 2 is 1.80 bits per heavy atom. The number of nitrogens with one attached hydrogen (secondary N) is 1. The first-order valence-electron chi connectivity index (χ1n) is 13.2. The summed E-state index contributed by atoms with van der Waals surface area (Å²) in [5.41, 5.74) is 10.7. The van der Waals surface area contributed by atoms with Gasteiger partial charge in [-0.25, -0.2) is 24.9 Å². The molecular weight excluding hydrogens is 514 g/mol. The third-order valence-corrected chi connectivity index (χ3v) is 7.00. The zero-order chi connectivity index (χ0) is 28.2. The minimum Gasteiger partial charge on any atom is -0.367 e. The number of rotatable bonds is 7. The van der Waals surface area contributed by atoms with Gasteiger partial charge in [-0.05, 0) is 37.1 Å². The Morgan fingerprint density at radius 3 is 2.54 bits per heavy atom. The number of nitrogens with zero attached hydrogens (tertiary/aromatic N) is 7. The molecule has 0 unspecified atom stereocenters. The molecule has 0 atom stereocenters. The van der Waals surface area contributed by atoms with Crippen molar-refractivity contribution >= 4 is 22.8 Å². The molecule has 200 valence electrons. The fourth-order valence-electron chi connectivity index (χ4n) is 4.90. The summed E-state index contributed by atoms with van der Waals surface area (Å²) < 4.78 is 0. The van der Waals surface area contributed by atoms with Gasteiger partial charge in [0.25, 0.3) is 5.91 Å². The number of hydrogen-bond acceptors (Lipinski definition) is 9. The van der Waals surface area contributed by atoms with Crippen molar-refractivity contribution in [2.75, 3.05) is 18.4 Å². The van der Waals surface area contributed by atoms with Gasteiger partial charge >= 0.3 is 0 Å². The van der Waals surface area contributed by atoms with Crippen molar-refractivity contribution < 1.29 is 4.79 Å². The van der Waals surface area contributed by atoms with Gasteiger partial charge in [-0.2, -0.15) is 5.26 Å². The lowest BCUT2D eigenvalue weighted by Crippen LogP contribution is -2.38. The summed E-state index contributed by atoms with van der Waals surface area (Å²) in [7, 11) is 0. The van der Waals surface area contributed by atoms with Crippen LogP contribution in [-0.4, -0.2) is 54.9 Å². The molecule has 0 bridgehead atoms. The molecule has 2 aromatic carbocycles. The molecule has 10 heteroatoms. The van der Waals surface area contributed by atoms with E-state index in [0.717, 1.165) is 49.2 Å². The number of carbonyl (C=O) groups excluding carboxylic acids is 1. The highest BCUT2D eigenvalue weighted by atomic mass is 16.1. The van der Waals surface area contributed by atoms with Crippen molar-refractivity contribution in [3.63, 3.8) is 0 Å². The van der Waals surface area contributed by atoms with Gasteiger partial charge in [0.2, 0.25) is 5.82 Å². The third-order valence-electron chi connectivity index (χ3n) is 7.00. The van der Waals surface area contributed by atoms with Crippen molar-refractivity contribution in [3.8, 4) is 28.6 Å². The molecule has 1 fully saturated rings. The van der Waals surface area contributed by atoms with Crippen molar-refractivity contribution in [1.82, 2.24) is 29.8 Å². The summed E-state index contributed by atoms with van der Waals surface area (Å²) in [6.07, 6.45) is 5.04. The van der Waals surface area contributed by atoms with Gasteiger partial charge in [0, 0.05) is 43.0 Å². The van der Waals surface area contributed by atoms with Crippen LogP contribution < -0.4 is 11.1 Å². The monoisotopic (exact) mass is 539 g/mol. The molecule has 1 saturated heterocycles. The zero-order valence-corrected chi connectivity index (χ0v) is 22.1. The van der Waals surface area contributed by atoms with E-state index in [4.69, 9.17) is 21.0 Å². The highest BCUT2D eigenvalue weighted by Gasteiger charge is 2.20. The van der Waals surface area contributed by atoms with Gasteiger partial charge in [-0.15, -0.1) is 0 Å². The van der Waals surface area contributed by atoms with Crippen molar-refractivity contribution in [1.29, 1.82) is 5.26 Å². The Labute approximate surface area is 236 Å².